The Balaban J connectivity index is 1.36. The Morgan fingerprint density at radius 2 is 1.65 bits per heavy atom. The van der Waals surface area contributed by atoms with Crippen LogP contribution in [0, 0.1) is 5.41 Å². The van der Waals surface area contributed by atoms with Gasteiger partial charge in [-0.05, 0) is 64.2 Å². The molecule has 11 heteroatoms. The quantitative estimate of drug-likeness (QED) is 0.229. The highest BCUT2D eigenvalue weighted by Gasteiger charge is 2.34. The molecule has 2 heterocycles. The van der Waals surface area contributed by atoms with Crippen LogP contribution in [0.5, 0.6) is 0 Å². The van der Waals surface area contributed by atoms with E-state index in [1.807, 2.05) is 0 Å². The van der Waals surface area contributed by atoms with Crippen molar-refractivity contribution in [1.82, 2.24) is 15.1 Å². The highest BCUT2D eigenvalue weighted by molar-refractivity contribution is 6.02. The number of hydrogen-bond acceptors (Lipinski definition) is 7. The van der Waals surface area contributed by atoms with Crippen molar-refractivity contribution in [3.8, 4) is 0 Å². The minimum atomic E-state index is -0.618. The molecule has 2 aliphatic heterocycles. The third-order valence-corrected chi connectivity index (χ3v) is 6.96. The summed E-state index contributed by atoms with van der Waals surface area (Å²) in [7, 11) is 0. The zero-order valence-corrected chi connectivity index (χ0v) is 23.6. The molecule has 0 radical (unpaired) electrons. The maximum atomic E-state index is 12.9. The molecular weight excluding hydrogens is 516 g/mol. The lowest BCUT2D eigenvalue weighted by Crippen LogP contribution is -2.47. The average molecular weight is 557 g/mol. The zero-order chi connectivity index (χ0) is 29.3. The van der Waals surface area contributed by atoms with E-state index in [0.29, 0.717) is 50.9 Å². The Kier molecular flexibility index (Phi) is 10.8. The van der Waals surface area contributed by atoms with Gasteiger partial charge in [-0.2, -0.15) is 0 Å². The van der Waals surface area contributed by atoms with Gasteiger partial charge in [0.1, 0.15) is 12.6 Å². The van der Waals surface area contributed by atoms with E-state index in [9.17, 15) is 28.8 Å². The normalized spacial score (nSPS) is 17.2. The number of anilines is 1. The first-order valence-corrected chi connectivity index (χ1v) is 13.9. The molecule has 0 aliphatic carbocycles. The van der Waals surface area contributed by atoms with Crippen LogP contribution in [-0.4, -0.2) is 71.0 Å². The fourth-order valence-corrected chi connectivity index (χ4v) is 4.58. The molecule has 11 nitrogen and oxygen atoms in total. The number of carbonyl (C=O) groups is 6. The number of hydrogen-bond donors (Lipinski definition) is 2. The summed E-state index contributed by atoms with van der Waals surface area (Å²) in [5, 5.41) is 5.48. The lowest BCUT2D eigenvalue weighted by Gasteiger charge is -2.24. The van der Waals surface area contributed by atoms with Gasteiger partial charge in [-0.15, -0.1) is 0 Å². The summed E-state index contributed by atoms with van der Waals surface area (Å²) in [6, 6.07) is 6.36. The number of rotatable bonds is 12. The predicted octanol–water partition coefficient (Wildman–Crippen LogP) is 2.53. The fourth-order valence-electron chi connectivity index (χ4n) is 4.58. The van der Waals surface area contributed by atoms with E-state index in [1.165, 1.54) is 9.80 Å². The number of nitrogens with one attached hydrogen (secondary N) is 2. The number of benzene rings is 1. The van der Waals surface area contributed by atoms with Gasteiger partial charge in [-0.1, -0.05) is 18.6 Å². The van der Waals surface area contributed by atoms with Gasteiger partial charge in [0.05, 0.1) is 12.0 Å². The summed E-state index contributed by atoms with van der Waals surface area (Å²) in [6.45, 7) is 6.14. The van der Waals surface area contributed by atoms with Gasteiger partial charge >= 0.3 is 5.97 Å². The summed E-state index contributed by atoms with van der Waals surface area (Å²) >= 11 is 0. The number of carbonyl (C=O) groups excluding carboxylic acids is 6. The second kappa shape index (κ2) is 14.0. The molecule has 218 valence electrons. The van der Waals surface area contributed by atoms with Crippen LogP contribution in [0.3, 0.4) is 0 Å². The summed E-state index contributed by atoms with van der Waals surface area (Å²) in [5.74, 6) is -1.42. The Labute approximate surface area is 235 Å². The molecular formula is C29H40N4O7. The first-order chi connectivity index (χ1) is 19.0. The van der Waals surface area contributed by atoms with E-state index in [4.69, 9.17) is 4.74 Å². The third kappa shape index (κ3) is 8.89. The molecule has 2 fully saturated rings. The molecule has 0 bridgehead atoms. The fraction of sp³-hybridized carbons (Fsp3) is 0.586. The first-order valence-electron chi connectivity index (χ1n) is 13.9. The van der Waals surface area contributed by atoms with Crippen LogP contribution >= 0.6 is 0 Å². The van der Waals surface area contributed by atoms with E-state index >= 15 is 0 Å². The molecule has 5 amide bonds. The highest BCUT2D eigenvalue weighted by Crippen LogP contribution is 2.21. The molecule has 1 atom stereocenters. The van der Waals surface area contributed by atoms with Gasteiger partial charge in [-0.3, -0.25) is 33.7 Å². The van der Waals surface area contributed by atoms with Crippen molar-refractivity contribution in [2.75, 3.05) is 25.0 Å². The molecule has 0 aromatic heterocycles. The van der Waals surface area contributed by atoms with Crippen molar-refractivity contribution in [3.05, 3.63) is 29.8 Å². The smallest absolute Gasteiger partial charge is 0.311 e. The Bertz CT molecular complexity index is 1090. The first kappa shape index (κ1) is 30.8. The molecule has 3 rings (SSSR count). The SMILES string of the molecule is CC(C)(C)C(=O)OCc1ccc(NC(=O)[C@@H]2CCCN2C(=O)CNC(=O)CCCCCN2C(=O)CCC2=O)cc1. The maximum absolute atomic E-state index is 12.9. The van der Waals surface area contributed by atoms with Gasteiger partial charge in [0.25, 0.3) is 0 Å². The summed E-state index contributed by atoms with van der Waals surface area (Å²) in [5.41, 5.74) is 0.782. The second-order valence-electron chi connectivity index (χ2n) is 11.3. The van der Waals surface area contributed by atoms with Gasteiger partial charge in [-0.25, -0.2) is 0 Å². The standard InChI is InChI=1S/C29H40N4O7/c1-29(2,3)28(39)40-19-20-10-12-21(13-11-20)31-27(38)22-8-7-17-32(22)26(37)18-30-23(34)9-5-4-6-16-33-24(35)14-15-25(33)36/h10-13,22H,4-9,14-19H2,1-3H3,(H,30,34)(H,31,38)/t22-/m0/s1. The minimum Gasteiger partial charge on any atom is -0.460 e. The number of amides is 5. The van der Waals surface area contributed by atoms with Crippen molar-refractivity contribution < 1.29 is 33.5 Å². The van der Waals surface area contributed by atoms with Gasteiger partial charge in [0, 0.05) is 38.0 Å². The molecule has 0 saturated carbocycles. The number of imide groups is 1. The summed E-state index contributed by atoms with van der Waals surface area (Å²) < 4.78 is 5.31. The Hall–Kier alpha value is -3.76. The van der Waals surface area contributed by atoms with Crippen LogP contribution in [0.15, 0.2) is 24.3 Å². The largest absolute Gasteiger partial charge is 0.460 e. The van der Waals surface area contributed by atoms with Crippen LogP contribution in [0.4, 0.5) is 5.69 Å². The number of esters is 1. The molecule has 0 spiro atoms. The minimum absolute atomic E-state index is 0.135. The van der Waals surface area contributed by atoms with Crippen LogP contribution in [0.2, 0.25) is 0 Å². The van der Waals surface area contributed by atoms with Gasteiger partial charge in [0.2, 0.25) is 29.5 Å². The molecule has 2 saturated heterocycles. The summed E-state index contributed by atoms with van der Waals surface area (Å²) in [4.78, 5) is 75.8. The Morgan fingerprint density at radius 3 is 2.30 bits per heavy atom. The molecule has 0 unspecified atom stereocenters. The highest BCUT2D eigenvalue weighted by atomic mass is 16.5. The molecule has 1 aromatic rings. The molecule has 2 aliphatic rings. The predicted molar refractivity (Wildman–Crippen MR) is 146 cm³/mol. The Morgan fingerprint density at radius 1 is 0.975 bits per heavy atom. The number of likely N-dealkylation sites (tertiary alicyclic amines) is 2. The lowest BCUT2D eigenvalue weighted by molar-refractivity contribution is -0.154. The van der Waals surface area contributed by atoms with E-state index < -0.39 is 11.5 Å². The number of unbranched alkanes of at least 4 members (excludes halogenated alkanes) is 2. The van der Waals surface area contributed by atoms with Crippen molar-refractivity contribution in [2.24, 2.45) is 5.41 Å². The van der Waals surface area contributed by atoms with E-state index in [2.05, 4.69) is 10.6 Å². The average Bonchev–Trinajstić information content (AvgIpc) is 3.53. The van der Waals surface area contributed by atoms with E-state index in [-0.39, 0.29) is 67.9 Å². The second-order valence-corrected chi connectivity index (χ2v) is 11.3. The maximum Gasteiger partial charge on any atom is 0.311 e. The topological polar surface area (TPSA) is 142 Å². The van der Waals surface area contributed by atoms with Crippen LogP contribution in [0.25, 0.3) is 0 Å². The lowest BCUT2D eigenvalue weighted by atomic mass is 9.97. The third-order valence-electron chi connectivity index (χ3n) is 6.96. The number of nitrogens with zero attached hydrogens (tertiary/aromatic N) is 2. The van der Waals surface area contributed by atoms with Crippen LogP contribution in [0.1, 0.15) is 77.7 Å². The molecule has 40 heavy (non-hydrogen) atoms. The van der Waals surface area contributed by atoms with Crippen molar-refractivity contribution in [1.29, 1.82) is 0 Å². The van der Waals surface area contributed by atoms with Crippen LogP contribution in [-0.2, 0) is 40.1 Å². The van der Waals surface area contributed by atoms with Crippen molar-refractivity contribution in [3.63, 3.8) is 0 Å². The van der Waals surface area contributed by atoms with E-state index in [0.717, 1.165) is 5.56 Å². The van der Waals surface area contributed by atoms with Crippen molar-refractivity contribution in [2.45, 2.75) is 84.8 Å². The van der Waals surface area contributed by atoms with E-state index in [1.54, 1.807) is 45.0 Å². The molecule has 2 N–H and O–H groups in total. The van der Waals surface area contributed by atoms with Gasteiger partial charge < -0.3 is 20.3 Å². The zero-order valence-electron chi connectivity index (χ0n) is 23.6. The monoisotopic (exact) mass is 556 g/mol. The van der Waals surface area contributed by atoms with Crippen LogP contribution < -0.4 is 10.6 Å². The van der Waals surface area contributed by atoms with Crippen molar-refractivity contribution >= 4 is 41.2 Å². The van der Waals surface area contributed by atoms with Gasteiger partial charge in [0.15, 0.2) is 0 Å². The summed E-state index contributed by atoms with van der Waals surface area (Å²) in [6.07, 6.45) is 3.94. The number of ether oxygens (including phenoxy) is 1. The molecule has 1 aromatic carbocycles.